The molecule has 0 saturated carbocycles. The molecular formula is C12H15BrN2. The Bertz CT molecular complexity index is 474. The van der Waals surface area contributed by atoms with Gasteiger partial charge in [0.15, 0.2) is 0 Å². The first-order valence-electron chi connectivity index (χ1n) is 5.20. The number of aromatic nitrogens is 1. The van der Waals surface area contributed by atoms with Gasteiger partial charge in [-0.3, -0.25) is 0 Å². The summed E-state index contributed by atoms with van der Waals surface area (Å²) in [7, 11) is 1.97. The van der Waals surface area contributed by atoms with Crippen LogP contribution in [0.3, 0.4) is 0 Å². The number of aryl methyl sites for hydroxylation is 1. The summed E-state index contributed by atoms with van der Waals surface area (Å²) in [5.74, 6) is 0. The zero-order valence-electron chi connectivity index (χ0n) is 9.02. The van der Waals surface area contributed by atoms with Crippen molar-refractivity contribution in [3.05, 3.63) is 33.9 Å². The maximum absolute atomic E-state index is 3.67. The van der Waals surface area contributed by atoms with Crippen LogP contribution < -0.4 is 5.32 Å². The van der Waals surface area contributed by atoms with E-state index in [0.717, 1.165) is 13.0 Å². The second kappa shape index (κ2) is 4.37. The molecule has 1 aromatic heterocycles. The Balaban J connectivity index is 2.67. The van der Waals surface area contributed by atoms with Gasteiger partial charge in [-0.15, -0.1) is 0 Å². The highest BCUT2D eigenvalue weighted by atomic mass is 79.9. The largest absolute Gasteiger partial charge is 0.357 e. The Morgan fingerprint density at radius 2 is 2.20 bits per heavy atom. The van der Waals surface area contributed by atoms with E-state index in [0.29, 0.717) is 0 Å². The van der Waals surface area contributed by atoms with E-state index < -0.39 is 0 Å². The Hall–Kier alpha value is -0.800. The second-order valence-corrected chi connectivity index (χ2v) is 4.43. The topological polar surface area (TPSA) is 27.8 Å². The van der Waals surface area contributed by atoms with Gasteiger partial charge in [0.05, 0.1) is 0 Å². The molecule has 0 unspecified atom stereocenters. The lowest BCUT2D eigenvalue weighted by Crippen LogP contribution is -2.05. The predicted octanol–water partition coefficient (Wildman–Crippen LogP) is 3.21. The normalized spacial score (nSPS) is 11.1. The predicted molar refractivity (Wildman–Crippen MR) is 68.1 cm³/mol. The first kappa shape index (κ1) is 10.7. The fraction of sp³-hybridized carbons (Fsp3) is 0.333. The lowest BCUT2D eigenvalue weighted by atomic mass is 10.1. The molecule has 0 aliphatic carbocycles. The van der Waals surface area contributed by atoms with Crippen LogP contribution in [0.15, 0.2) is 22.7 Å². The molecule has 1 aromatic carbocycles. The Morgan fingerprint density at radius 3 is 2.87 bits per heavy atom. The molecule has 2 aromatic rings. The van der Waals surface area contributed by atoms with Gasteiger partial charge in [0.1, 0.15) is 0 Å². The zero-order chi connectivity index (χ0) is 10.8. The number of fused-ring (bicyclic) bond motifs is 1. The maximum atomic E-state index is 3.67. The van der Waals surface area contributed by atoms with Gasteiger partial charge in [0, 0.05) is 27.6 Å². The van der Waals surface area contributed by atoms with E-state index in [1.807, 2.05) is 7.05 Å². The van der Waals surface area contributed by atoms with Crippen molar-refractivity contribution in [2.75, 3.05) is 7.05 Å². The molecule has 3 heteroatoms. The van der Waals surface area contributed by atoms with Crippen molar-refractivity contribution in [2.24, 2.45) is 0 Å². The number of rotatable bonds is 3. The van der Waals surface area contributed by atoms with Gasteiger partial charge >= 0.3 is 0 Å². The van der Waals surface area contributed by atoms with Crippen LogP contribution in [0, 0.1) is 0 Å². The number of nitrogens with one attached hydrogen (secondary N) is 2. The average molecular weight is 267 g/mol. The summed E-state index contributed by atoms with van der Waals surface area (Å²) in [6, 6.07) is 6.38. The van der Waals surface area contributed by atoms with Gasteiger partial charge in [-0.1, -0.05) is 19.1 Å². The third-order valence-corrected chi connectivity index (χ3v) is 3.52. The van der Waals surface area contributed by atoms with Crippen molar-refractivity contribution in [1.29, 1.82) is 0 Å². The van der Waals surface area contributed by atoms with Gasteiger partial charge < -0.3 is 10.3 Å². The minimum Gasteiger partial charge on any atom is -0.357 e. The molecule has 2 nitrogen and oxygen atoms in total. The van der Waals surface area contributed by atoms with E-state index >= 15 is 0 Å². The summed E-state index contributed by atoms with van der Waals surface area (Å²) in [5.41, 5.74) is 3.82. The van der Waals surface area contributed by atoms with Crippen LogP contribution >= 0.6 is 15.9 Å². The van der Waals surface area contributed by atoms with Crippen LogP contribution in [0.4, 0.5) is 0 Å². The van der Waals surface area contributed by atoms with Crippen LogP contribution in [0.2, 0.25) is 0 Å². The molecule has 0 saturated heterocycles. The van der Waals surface area contributed by atoms with Crippen LogP contribution in [-0.4, -0.2) is 12.0 Å². The maximum Gasteiger partial charge on any atom is 0.0471 e. The molecule has 0 fully saturated rings. The van der Waals surface area contributed by atoms with Gasteiger partial charge in [-0.05, 0) is 41.0 Å². The first-order valence-corrected chi connectivity index (χ1v) is 5.99. The molecule has 0 spiro atoms. The highest BCUT2D eigenvalue weighted by molar-refractivity contribution is 9.10. The monoisotopic (exact) mass is 266 g/mol. The average Bonchev–Trinajstić information content (AvgIpc) is 2.57. The number of aromatic amines is 1. The summed E-state index contributed by atoms with van der Waals surface area (Å²) in [4.78, 5) is 3.44. The van der Waals surface area contributed by atoms with Crippen molar-refractivity contribution < 1.29 is 0 Å². The number of H-pyrrole nitrogens is 1. The minimum atomic E-state index is 0.900. The number of benzene rings is 1. The lowest BCUT2D eigenvalue weighted by Gasteiger charge is -2.02. The van der Waals surface area contributed by atoms with E-state index in [1.165, 1.54) is 26.6 Å². The van der Waals surface area contributed by atoms with Crippen LogP contribution in [0.5, 0.6) is 0 Å². The van der Waals surface area contributed by atoms with Crippen molar-refractivity contribution >= 4 is 26.8 Å². The zero-order valence-corrected chi connectivity index (χ0v) is 10.6. The van der Waals surface area contributed by atoms with E-state index in [9.17, 15) is 0 Å². The molecule has 0 amide bonds. The molecule has 0 aliphatic heterocycles. The summed E-state index contributed by atoms with van der Waals surface area (Å²) >= 11 is 3.67. The minimum absolute atomic E-state index is 0.900. The molecule has 80 valence electrons. The van der Waals surface area contributed by atoms with E-state index in [2.05, 4.69) is 51.4 Å². The van der Waals surface area contributed by atoms with Crippen molar-refractivity contribution in [1.82, 2.24) is 10.3 Å². The Kier molecular flexibility index (Phi) is 3.12. The standard InChI is InChI=1S/C12H15BrN2/c1-3-9-12(13)11-8(7-14-2)5-4-6-10(11)15-9/h4-6,14-15H,3,7H2,1-2H3. The second-order valence-electron chi connectivity index (χ2n) is 3.64. The Labute approximate surface area is 98.2 Å². The highest BCUT2D eigenvalue weighted by Crippen LogP contribution is 2.30. The lowest BCUT2D eigenvalue weighted by molar-refractivity contribution is 0.823. The van der Waals surface area contributed by atoms with Gasteiger partial charge in [-0.2, -0.15) is 0 Å². The third-order valence-electron chi connectivity index (χ3n) is 2.64. The molecule has 15 heavy (non-hydrogen) atoms. The van der Waals surface area contributed by atoms with Crippen LogP contribution in [0.25, 0.3) is 10.9 Å². The molecule has 2 N–H and O–H groups in total. The third kappa shape index (κ3) is 1.82. The Morgan fingerprint density at radius 1 is 1.40 bits per heavy atom. The van der Waals surface area contributed by atoms with Crippen LogP contribution in [-0.2, 0) is 13.0 Å². The molecule has 0 radical (unpaired) electrons. The van der Waals surface area contributed by atoms with E-state index in [4.69, 9.17) is 0 Å². The van der Waals surface area contributed by atoms with E-state index in [1.54, 1.807) is 0 Å². The molecule has 0 atom stereocenters. The summed E-state index contributed by atoms with van der Waals surface area (Å²) in [6.07, 6.45) is 1.02. The van der Waals surface area contributed by atoms with Crippen molar-refractivity contribution in [3.63, 3.8) is 0 Å². The smallest absolute Gasteiger partial charge is 0.0471 e. The molecule has 0 bridgehead atoms. The van der Waals surface area contributed by atoms with Crippen molar-refractivity contribution in [2.45, 2.75) is 19.9 Å². The fourth-order valence-electron chi connectivity index (χ4n) is 1.91. The molecular weight excluding hydrogens is 252 g/mol. The number of hydrogen-bond acceptors (Lipinski definition) is 1. The highest BCUT2D eigenvalue weighted by Gasteiger charge is 2.10. The summed E-state index contributed by atoms with van der Waals surface area (Å²) in [6.45, 7) is 3.06. The number of halogens is 1. The van der Waals surface area contributed by atoms with Gasteiger partial charge in [0.25, 0.3) is 0 Å². The molecule has 2 rings (SSSR count). The molecule has 0 aliphatic rings. The fourth-order valence-corrected chi connectivity index (χ4v) is 2.76. The van der Waals surface area contributed by atoms with Gasteiger partial charge in [0.2, 0.25) is 0 Å². The number of hydrogen-bond donors (Lipinski definition) is 2. The summed E-state index contributed by atoms with van der Waals surface area (Å²) < 4.78 is 1.21. The quantitative estimate of drug-likeness (QED) is 0.878. The molecule has 1 heterocycles. The summed E-state index contributed by atoms with van der Waals surface area (Å²) in [5, 5.41) is 4.50. The SMILES string of the molecule is CCc1[nH]c2cccc(CNC)c2c1Br. The van der Waals surface area contributed by atoms with E-state index in [-0.39, 0.29) is 0 Å². The van der Waals surface area contributed by atoms with Crippen molar-refractivity contribution in [3.8, 4) is 0 Å². The van der Waals surface area contributed by atoms with Crippen LogP contribution in [0.1, 0.15) is 18.2 Å². The first-order chi connectivity index (χ1) is 7.27. The van der Waals surface area contributed by atoms with Gasteiger partial charge in [-0.25, -0.2) is 0 Å².